The highest BCUT2D eigenvalue weighted by atomic mass is 16.2. The zero-order valence-corrected chi connectivity index (χ0v) is 14.4. The van der Waals surface area contributed by atoms with Gasteiger partial charge in [0.25, 0.3) is 0 Å². The number of fused-ring (bicyclic) bond motifs is 2. The molecule has 6 nitrogen and oxygen atoms in total. The Bertz CT molecular complexity index is 771. The van der Waals surface area contributed by atoms with E-state index >= 15 is 0 Å². The molecule has 0 radical (unpaired) electrons. The van der Waals surface area contributed by atoms with Crippen LogP contribution < -0.4 is 5.32 Å². The lowest BCUT2D eigenvalue weighted by molar-refractivity contribution is -0.00600. The Hall–Kier alpha value is -2.37. The second kappa shape index (κ2) is 5.61. The first-order chi connectivity index (χ1) is 11.5. The number of piperidine rings is 1. The van der Waals surface area contributed by atoms with Crippen LogP contribution >= 0.6 is 0 Å². The average Bonchev–Trinajstić information content (AvgIpc) is 2.95. The Morgan fingerprint density at radius 1 is 1.25 bits per heavy atom. The van der Waals surface area contributed by atoms with Crippen LogP contribution in [0, 0.1) is 12.8 Å². The summed E-state index contributed by atoms with van der Waals surface area (Å²) in [6.07, 6.45) is 5.10. The first-order valence-corrected chi connectivity index (χ1v) is 8.57. The van der Waals surface area contributed by atoms with Crippen molar-refractivity contribution in [1.29, 1.82) is 0 Å². The summed E-state index contributed by atoms with van der Waals surface area (Å²) in [7, 11) is 1.85. The molecule has 0 aliphatic carbocycles. The molecule has 2 fully saturated rings. The van der Waals surface area contributed by atoms with Gasteiger partial charge in [0, 0.05) is 30.4 Å². The summed E-state index contributed by atoms with van der Waals surface area (Å²) < 4.78 is 1.68. The van der Waals surface area contributed by atoms with Gasteiger partial charge in [0.15, 0.2) is 5.82 Å². The Labute approximate surface area is 141 Å². The predicted molar refractivity (Wildman–Crippen MR) is 92.6 cm³/mol. The van der Waals surface area contributed by atoms with Gasteiger partial charge in [-0.1, -0.05) is 13.0 Å². The highest BCUT2D eigenvalue weighted by Gasteiger charge is 2.46. The Morgan fingerprint density at radius 2 is 2.00 bits per heavy atom. The second-order valence-electron chi connectivity index (χ2n) is 7.23. The van der Waals surface area contributed by atoms with Crippen molar-refractivity contribution < 1.29 is 4.79 Å². The van der Waals surface area contributed by atoms with Crippen molar-refractivity contribution in [1.82, 2.24) is 19.7 Å². The van der Waals surface area contributed by atoms with Crippen LogP contribution in [0.1, 0.15) is 31.7 Å². The van der Waals surface area contributed by atoms with Crippen LogP contribution in [0.3, 0.4) is 0 Å². The number of hydrogen-bond acceptors (Lipinski definition) is 3. The number of anilines is 1. The molecule has 2 unspecified atom stereocenters. The number of aromatic nitrogens is 3. The molecular formula is C18H23N5O. The molecule has 6 heteroatoms. The summed E-state index contributed by atoms with van der Waals surface area (Å²) in [4.78, 5) is 19.0. The van der Waals surface area contributed by atoms with Crippen LogP contribution in [0.25, 0.3) is 11.4 Å². The molecule has 2 aromatic rings. The largest absolute Gasteiger partial charge is 0.322 e. The zero-order valence-electron chi connectivity index (χ0n) is 14.4. The minimum atomic E-state index is 0.0203. The van der Waals surface area contributed by atoms with Crippen molar-refractivity contribution in [3.8, 4) is 11.4 Å². The van der Waals surface area contributed by atoms with E-state index in [2.05, 4.69) is 22.3 Å². The van der Waals surface area contributed by atoms with Crippen LogP contribution in [0.4, 0.5) is 10.5 Å². The van der Waals surface area contributed by atoms with Gasteiger partial charge < -0.3 is 10.2 Å². The zero-order chi connectivity index (χ0) is 16.8. The fourth-order valence-electron chi connectivity index (χ4n) is 4.07. The number of aryl methyl sites for hydroxylation is 2. The van der Waals surface area contributed by atoms with Crippen molar-refractivity contribution in [3.63, 3.8) is 0 Å². The molecule has 2 aliphatic rings. The summed E-state index contributed by atoms with van der Waals surface area (Å²) in [5.41, 5.74) is 2.84. The number of amides is 2. The predicted octanol–water partition coefficient (Wildman–Crippen LogP) is 3.20. The van der Waals surface area contributed by atoms with E-state index < -0.39 is 0 Å². The Morgan fingerprint density at radius 3 is 2.67 bits per heavy atom. The molecule has 4 rings (SSSR count). The van der Waals surface area contributed by atoms with Gasteiger partial charge in [-0.25, -0.2) is 9.78 Å². The SMILES string of the molecule is Cc1ccc(NC(=O)N2C3CC(C)CC2C3)cc1-c1ncn(C)n1. The van der Waals surface area contributed by atoms with E-state index in [1.165, 1.54) is 0 Å². The number of carbonyl (C=O) groups excluding carboxylic acids is 1. The molecule has 24 heavy (non-hydrogen) atoms. The van der Waals surface area contributed by atoms with Gasteiger partial charge in [-0.05, 0) is 49.8 Å². The van der Waals surface area contributed by atoms with Gasteiger partial charge in [0.2, 0.25) is 0 Å². The number of carbonyl (C=O) groups is 1. The lowest BCUT2D eigenvalue weighted by Crippen LogP contribution is -2.63. The van der Waals surface area contributed by atoms with E-state index in [0.29, 0.717) is 17.9 Å². The fourth-order valence-corrected chi connectivity index (χ4v) is 4.07. The van der Waals surface area contributed by atoms with Gasteiger partial charge in [0.1, 0.15) is 6.33 Å². The number of urea groups is 1. The molecule has 1 aromatic heterocycles. The topological polar surface area (TPSA) is 63.1 Å². The van der Waals surface area contributed by atoms with Crippen LogP contribution in [0.15, 0.2) is 24.5 Å². The van der Waals surface area contributed by atoms with Gasteiger partial charge in [-0.15, -0.1) is 0 Å². The third-order valence-corrected chi connectivity index (χ3v) is 5.24. The second-order valence-corrected chi connectivity index (χ2v) is 7.23. The number of nitrogens with one attached hydrogen (secondary N) is 1. The highest BCUT2D eigenvalue weighted by molar-refractivity contribution is 5.91. The minimum absolute atomic E-state index is 0.0203. The molecule has 0 saturated carbocycles. The molecule has 126 valence electrons. The van der Waals surface area contributed by atoms with Gasteiger partial charge in [-0.2, -0.15) is 5.10 Å². The van der Waals surface area contributed by atoms with E-state index in [1.807, 2.05) is 37.1 Å². The summed E-state index contributed by atoms with van der Waals surface area (Å²) in [6.45, 7) is 4.30. The Balaban J connectivity index is 1.52. The number of hydrogen-bond donors (Lipinski definition) is 1. The first-order valence-electron chi connectivity index (χ1n) is 8.57. The van der Waals surface area contributed by atoms with E-state index in [4.69, 9.17) is 0 Å². The molecule has 1 aromatic carbocycles. The summed E-state index contributed by atoms with van der Waals surface area (Å²) in [5.74, 6) is 1.42. The molecule has 2 aliphatic heterocycles. The normalized spacial score (nSPS) is 25.3. The summed E-state index contributed by atoms with van der Waals surface area (Å²) in [6, 6.07) is 6.76. The van der Waals surface area contributed by atoms with Crippen molar-refractivity contribution in [2.75, 3.05) is 5.32 Å². The molecule has 1 N–H and O–H groups in total. The van der Waals surface area contributed by atoms with Gasteiger partial charge in [-0.3, -0.25) is 4.68 Å². The van der Waals surface area contributed by atoms with Gasteiger partial charge >= 0.3 is 6.03 Å². The lowest BCUT2D eigenvalue weighted by atomic mass is 9.74. The molecule has 2 amide bonds. The fraction of sp³-hybridized carbons (Fsp3) is 0.500. The maximum atomic E-state index is 12.6. The summed E-state index contributed by atoms with van der Waals surface area (Å²) in [5, 5.41) is 7.42. The van der Waals surface area contributed by atoms with E-state index in [9.17, 15) is 4.79 Å². The summed E-state index contributed by atoms with van der Waals surface area (Å²) >= 11 is 0. The van der Waals surface area contributed by atoms with Crippen LogP contribution in [0.5, 0.6) is 0 Å². The van der Waals surface area contributed by atoms with Gasteiger partial charge in [0.05, 0.1) is 0 Å². The van der Waals surface area contributed by atoms with E-state index in [-0.39, 0.29) is 6.03 Å². The molecular weight excluding hydrogens is 302 g/mol. The van der Waals surface area contributed by atoms with E-state index in [1.54, 1.807) is 11.0 Å². The number of rotatable bonds is 2. The Kier molecular flexibility index (Phi) is 3.55. The molecule has 3 heterocycles. The van der Waals surface area contributed by atoms with Crippen LogP contribution in [-0.2, 0) is 7.05 Å². The van der Waals surface area contributed by atoms with E-state index in [0.717, 1.165) is 42.0 Å². The number of nitrogens with zero attached hydrogens (tertiary/aromatic N) is 4. The average molecular weight is 325 g/mol. The standard InChI is InChI=1S/C18H23N5O/c1-11-6-14-9-15(7-11)23(14)18(24)20-13-5-4-12(2)16(8-13)17-19-10-22(3)21-17/h4-5,8,10-11,14-15H,6-7,9H2,1-3H3,(H,20,24). The third kappa shape index (κ3) is 2.56. The first kappa shape index (κ1) is 15.2. The van der Waals surface area contributed by atoms with Crippen molar-refractivity contribution in [3.05, 3.63) is 30.1 Å². The maximum Gasteiger partial charge on any atom is 0.322 e. The molecule has 2 atom stereocenters. The molecule has 0 spiro atoms. The smallest absolute Gasteiger partial charge is 0.318 e. The van der Waals surface area contributed by atoms with Crippen molar-refractivity contribution in [2.45, 2.75) is 45.2 Å². The maximum absolute atomic E-state index is 12.6. The lowest BCUT2D eigenvalue weighted by Gasteiger charge is -2.54. The monoisotopic (exact) mass is 325 g/mol. The van der Waals surface area contributed by atoms with Crippen molar-refractivity contribution >= 4 is 11.7 Å². The van der Waals surface area contributed by atoms with Crippen LogP contribution in [-0.4, -0.2) is 37.8 Å². The van der Waals surface area contributed by atoms with Crippen LogP contribution in [0.2, 0.25) is 0 Å². The highest BCUT2D eigenvalue weighted by Crippen LogP contribution is 2.41. The number of benzene rings is 1. The third-order valence-electron chi connectivity index (χ3n) is 5.24. The van der Waals surface area contributed by atoms with Crippen molar-refractivity contribution in [2.24, 2.45) is 13.0 Å². The quantitative estimate of drug-likeness (QED) is 0.922. The molecule has 2 saturated heterocycles. The minimum Gasteiger partial charge on any atom is -0.318 e. The molecule has 2 bridgehead atoms.